The summed E-state index contributed by atoms with van der Waals surface area (Å²) in [7, 11) is 0. The van der Waals surface area contributed by atoms with Crippen LogP contribution in [0, 0.1) is 5.82 Å². The van der Waals surface area contributed by atoms with Gasteiger partial charge in [0, 0.05) is 37.1 Å². The summed E-state index contributed by atoms with van der Waals surface area (Å²) in [6.45, 7) is 11.5. The Kier molecular flexibility index (Phi) is 6.14. The number of morpholine rings is 1. The number of hydrogen-bond acceptors (Lipinski definition) is 3. The van der Waals surface area contributed by atoms with Crippen molar-refractivity contribution in [3.63, 3.8) is 0 Å². The van der Waals surface area contributed by atoms with E-state index >= 15 is 0 Å². The van der Waals surface area contributed by atoms with E-state index in [1.807, 2.05) is 12.1 Å². The summed E-state index contributed by atoms with van der Waals surface area (Å²) < 4.78 is 19.4. The molecule has 2 aliphatic rings. The van der Waals surface area contributed by atoms with Crippen molar-refractivity contribution in [2.45, 2.75) is 44.7 Å². The molecule has 0 spiro atoms. The Hall–Kier alpha value is -1.66. The molecule has 1 saturated heterocycles. The Morgan fingerprint density at radius 1 is 1.31 bits per heavy atom. The predicted molar refractivity (Wildman–Crippen MR) is 103 cm³/mol. The van der Waals surface area contributed by atoms with Gasteiger partial charge >= 0.3 is 0 Å². The Labute approximate surface area is 156 Å². The molecule has 1 heterocycles. The number of halogens is 1. The standard InChI is InChI=1S/C20H31FN4O/c1-4-22-19(23-14-20(2,3)25-9-11-26-12-10-25)24-18-13-16(18)15-7-5-6-8-17(15)21/h5-8,16,18H,4,9-14H2,1-3H3,(H2,22,23,24). The van der Waals surface area contributed by atoms with Crippen LogP contribution in [0.3, 0.4) is 0 Å². The zero-order valence-corrected chi connectivity index (χ0v) is 16.1. The van der Waals surface area contributed by atoms with Crippen LogP contribution in [0.2, 0.25) is 0 Å². The zero-order valence-electron chi connectivity index (χ0n) is 16.1. The van der Waals surface area contributed by atoms with Crippen LogP contribution in [0.15, 0.2) is 29.3 Å². The fourth-order valence-electron chi connectivity index (χ4n) is 3.51. The molecule has 0 aromatic heterocycles. The predicted octanol–water partition coefficient (Wildman–Crippen LogP) is 2.35. The van der Waals surface area contributed by atoms with Crippen LogP contribution in [0.4, 0.5) is 4.39 Å². The van der Waals surface area contributed by atoms with Crippen molar-refractivity contribution in [3.05, 3.63) is 35.6 Å². The van der Waals surface area contributed by atoms with Gasteiger partial charge in [0.25, 0.3) is 0 Å². The summed E-state index contributed by atoms with van der Waals surface area (Å²) in [5, 5.41) is 6.79. The summed E-state index contributed by atoms with van der Waals surface area (Å²) in [5.74, 6) is 0.933. The normalized spacial score (nSPS) is 24.4. The highest BCUT2D eigenvalue weighted by Crippen LogP contribution is 2.41. The molecule has 0 bridgehead atoms. The molecule has 6 heteroatoms. The second-order valence-electron chi connectivity index (χ2n) is 7.72. The van der Waals surface area contributed by atoms with E-state index in [9.17, 15) is 4.39 Å². The molecule has 1 aromatic carbocycles. The quantitative estimate of drug-likeness (QED) is 0.602. The molecule has 26 heavy (non-hydrogen) atoms. The van der Waals surface area contributed by atoms with Gasteiger partial charge in [0.05, 0.1) is 19.8 Å². The van der Waals surface area contributed by atoms with Crippen molar-refractivity contribution in [1.82, 2.24) is 15.5 Å². The minimum atomic E-state index is -0.114. The van der Waals surface area contributed by atoms with Crippen LogP contribution < -0.4 is 10.6 Å². The molecule has 1 aromatic rings. The Morgan fingerprint density at radius 3 is 2.73 bits per heavy atom. The van der Waals surface area contributed by atoms with Gasteiger partial charge in [-0.25, -0.2) is 4.39 Å². The average molecular weight is 362 g/mol. The molecule has 1 saturated carbocycles. The molecule has 144 valence electrons. The van der Waals surface area contributed by atoms with Crippen molar-refractivity contribution in [2.24, 2.45) is 4.99 Å². The lowest BCUT2D eigenvalue weighted by Crippen LogP contribution is -2.52. The molecule has 2 atom stereocenters. The third kappa shape index (κ3) is 4.74. The zero-order chi connectivity index (χ0) is 18.6. The van der Waals surface area contributed by atoms with Crippen molar-refractivity contribution < 1.29 is 9.13 Å². The second kappa shape index (κ2) is 8.35. The highest BCUT2D eigenvalue weighted by Gasteiger charge is 2.40. The molecule has 0 amide bonds. The van der Waals surface area contributed by atoms with Gasteiger partial charge in [0.2, 0.25) is 0 Å². The topological polar surface area (TPSA) is 48.9 Å². The molecule has 0 radical (unpaired) electrons. The van der Waals surface area contributed by atoms with E-state index in [1.54, 1.807) is 6.07 Å². The molecule has 2 N–H and O–H groups in total. The fraction of sp³-hybridized carbons (Fsp3) is 0.650. The van der Waals surface area contributed by atoms with E-state index in [0.717, 1.165) is 50.8 Å². The SMILES string of the molecule is CCNC(=NCC(C)(C)N1CCOCC1)NC1CC1c1ccccc1F. The third-order valence-corrected chi connectivity index (χ3v) is 5.25. The minimum absolute atomic E-state index is 0.0133. The van der Waals surface area contributed by atoms with Crippen molar-refractivity contribution in [2.75, 3.05) is 39.4 Å². The second-order valence-corrected chi connectivity index (χ2v) is 7.72. The van der Waals surface area contributed by atoms with E-state index < -0.39 is 0 Å². The lowest BCUT2D eigenvalue weighted by molar-refractivity contribution is -0.00683. The van der Waals surface area contributed by atoms with E-state index in [0.29, 0.717) is 6.54 Å². The number of guanidine groups is 1. The average Bonchev–Trinajstić information content (AvgIpc) is 3.40. The molecule has 2 unspecified atom stereocenters. The van der Waals surface area contributed by atoms with Gasteiger partial charge < -0.3 is 15.4 Å². The summed E-state index contributed by atoms with van der Waals surface area (Å²) in [4.78, 5) is 7.24. The van der Waals surface area contributed by atoms with E-state index in [4.69, 9.17) is 9.73 Å². The maximum Gasteiger partial charge on any atom is 0.191 e. The van der Waals surface area contributed by atoms with Gasteiger partial charge in [-0.15, -0.1) is 0 Å². The third-order valence-electron chi connectivity index (χ3n) is 5.25. The number of aliphatic imine (C=N–C) groups is 1. The van der Waals surface area contributed by atoms with Gasteiger partial charge in [-0.2, -0.15) is 0 Å². The molecule has 5 nitrogen and oxygen atoms in total. The summed E-state index contributed by atoms with van der Waals surface area (Å²) in [5.41, 5.74) is 0.787. The van der Waals surface area contributed by atoms with Crippen LogP contribution in [-0.4, -0.2) is 61.8 Å². The molecular weight excluding hydrogens is 331 g/mol. The number of nitrogens with one attached hydrogen (secondary N) is 2. The molecule has 1 aliphatic carbocycles. The maximum atomic E-state index is 14.0. The number of ether oxygens (including phenoxy) is 1. The van der Waals surface area contributed by atoms with Crippen molar-refractivity contribution >= 4 is 5.96 Å². The number of hydrogen-bond donors (Lipinski definition) is 2. The molecular formula is C20H31FN4O. The van der Waals surface area contributed by atoms with Crippen molar-refractivity contribution in [1.29, 1.82) is 0 Å². The van der Waals surface area contributed by atoms with Gasteiger partial charge in [-0.1, -0.05) is 18.2 Å². The Morgan fingerprint density at radius 2 is 2.04 bits per heavy atom. The number of benzene rings is 1. The Balaban J connectivity index is 1.59. The first-order valence-corrected chi connectivity index (χ1v) is 9.63. The van der Waals surface area contributed by atoms with Gasteiger partial charge in [0.1, 0.15) is 5.82 Å². The first-order chi connectivity index (χ1) is 12.5. The maximum absolute atomic E-state index is 14.0. The highest BCUT2D eigenvalue weighted by atomic mass is 19.1. The minimum Gasteiger partial charge on any atom is -0.379 e. The van der Waals surface area contributed by atoms with E-state index in [1.165, 1.54) is 6.07 Å². The largest absolute Gasteiger partial charge is 0.379 e. The summed E-state index contributed by atoms with van der Waals surface area (Å²) in [6.07, 6.45) is 0.943. The number of nitrogens with zero attached hydrogens (tertiary/aromatic N) is 2. The first kappa shape index (κ1) is 19.1. The first-order valence-electron chi connectivity index (χ1n) is 9.63. The van der Waals surface area contributed by atoms with Gasteiger partial charge in [0.15, 0.2) is 5.96 Å². The highest BCUT2D eigenvalue weighted by molar-refractivity contribution is 5.80. The fourth-order valence-corrected chi connectivity index (χ4v) is 3.51. The van der Waals surface area contributed by atoms with Crippen LogP contribution in [0.5, 0.6) is 0 Å². The molecule has 3 rings (SSSR count). The Bertz CT molecular complexity index is 628. The summed E-state index contributed by atoms with van der Waals surface area (Å²) in [6, 6.07) is 7.30. The van der Waals surface area contributed by atoms with Crippen LogP contribution in [-0.2, 0) is 4.74 Å². The van der Waals surface area contributed by atoms with Crippen molar-refractivity contribution in [3.8, 4) is 0 Å². The van der Waals surface area contributed by atoms with Crippen LogP contribution in [0.1, 0.15) is 38.7 Å². The summed E-state index contributed by atoms with van der Waals surface area (Å²) >= 11 is 0. The lowest BCUT2D eigenvalue weighted by atomic mass is 10.0. The van der Waals surface area contributed by atoms with E-state index in [-0.39, 0.29) is 23.3 Å². The van der Waals surface area contributed by atoms with Crippen LogP contribution in [0.25, 0.3) is 0 Å². The van der Waals surface area contributed by atoms with Crippen LogP contribution >= 0.6 is 0 Å². The lowest BCUT2D eigenvalue weighted by Gasteiger charge is -2.39. The number of rotatable bonds is 6. The van der Waals surface area contributed by atoms with E-state index in [2.05, 4.69) is 36.3 Å². The smallest absolute Gasteiger partial charge is 0.191 e. The van der Waals surface area contributed by atoms with Gasteiger partial charge in [-0.3, -0.25) is 9.89 Å². The monoisotopic (exact) mass is 362 g/mol. The van der Waals surface area contributed by atoms with Gasteiger partial charge in [-0.05, 0) is 38.8 Å². The molecule has 2 fully saturated rings. The molecule has 1 aliphatic heterocycles.